The van der Waals surface area contributed by atoms with E-state index in [4.69, 9.17) is 0 Å². The molecule has 0 saturated heterocycles. The van der Waals surface area contributed by atoms with Gasteiger partial charge in [-0.3, -0.25) is 9.10 Å². The third kappa shape index (κ3) is 4.07. The topological polar surface area (TPSA) is 66.5 Å². The Morgan fingerprint density at radius 1 is 1.14 bits per heavy atom. The van der Waals surface area contributed by atoms with Crippen molar-refractivity contribution in [3.05, 3.63) is 65.2 Å². The summed E-state index contributed by atoms with van der Waals surface area (Å²) in [6, 6.07) is 14.9. The van der Waals surface area contributed by atoms with Crippen LogP contribution in [0.5, 0.6) is 0 Å². The molecule has 0 fully saturated rings. The lowest BCUT2D eigenvalue weighted by Gasteiger charge is -2.32. The van der Waals surface area contributed by atoms with Gasteiger partial charge in [0, 0.05) is 11.6 Å². The molecule has 28 heavy (non-hydrogen) atoms. The largest absolute Gasteiger partial charge is 0.345 e. The second-order valence-electron chi connectivity index (χ2n) is 8.64. The normalized spacial score (nSPS) is 17.9. The van der Waals surface area contributed by atoms with Crippen LogP contribution in [-0.2, 0) is 16.4 Å². The Bertz CT molecular complexity index is 979. The fourth-order valence-electron chi connectivity index (χ4n) is 3.91. The monoisotopic (exact) mass is 400 g/mol. The first-order chi connectivity index (χ1) is 13.0. The predicted octanol–water partition coefficient (Wildman–Crippen LogP) is 3.91. The van der Waals surface area contributed by atoms with Gasteiger partial charge in [0.25, 0.3) is 5.91 Å². The van der Waals surface area contributed by atoms with E-state index >= 15 is 0 Å². The van der Waals surface area contributed by atoms with Crippen molar-refractivity contribution in [3.8, 4) is 0 Å². The summed E-state index contributed by atoms with van der Waals surface area (Å²) in [4.78, 5) is 13.0. The number of anilines is 1. The number of nitrogens with zero attached hydrogens (tertiary/aromatic N) is 1. The smallest absolute Gasteiger partial charge is 0.251 e. The van der Waals surface area contributed by atoms with Crippen molar-refractivity contribution >= 4 is 21.6 Å². The second kappa shape index (κ2) is 7.24. The van der Waals surface area contributed by atoms with Crippen LogP contribution < -0.4 is 9.62 Å². The van der Waals surface area contributed by atoms with Crippen molar-refractivity contribution in [1.29, 1.82) is 0 Å². The van der Waals surface area contributed by atoms with Gasteiger partial charge >= 0.3 is 0 Å². The third-order valence-corrected chi connectivity index (χ3v) is 6.40. The molecule has 0 unspecified atom stereocenters. The molecule has 0 radical (unpaired) electrons. The predicted molar refractivity (Wildman–Crippen MR) is 113 cm³/mol. The summed E-state index contributed by atoms with van der Waals surface area (Å²) in [5.74, 6) is -0.156. The van der Waals surface area contributed by atoms with E-state index in [1.807, 2.05) is 43.3 Å². The number of amides is 1. The van der Waals surface area contributed by atoms with Gasteiger partial charge in [-0.05, 0) is 48.1 Å². The number of sulfonamides is 1. The van der Waals surface area contributed by atoms with Crippen molar-refractivity contribution in [2.75, 3.05) is 10.6 Å². The molecule has 1 N–H and O–H groups in total. The van der Waals surface area contributed by atoms with Crippen molar-refractivity contribution < 1.29 is 13.2 Å². The summed E-state index contributed by atoms with van der Waals surface area (Å²) in [6.45, 7) is 8.17. The molecule has 0 spiro atoms. The average Bonchev–Trinajstić information content (AvgIpc) is 2.94. The molecule has 2 aromatic rings. The van der Waals surface area contributed by atoms with Gasteiger partial charge in [0.2, 0.25) is 10.0 Å². The second-order valence-corrected chi connectivity index (χ2v) is 10.5. The van der Waals surface area contributed by atoms with E-state index in [2.05, 4.69) is 26.1 Å². The Kier molecular flexibility index (Phi) is 5.28. The van der Waals surface area contributed by atoms with Crippen LogP contribution in [0.3, 0.4) is 0 Å². The van der Waals surface area contributed by atoms with Crippen LogP contribution >= 0.6 is 0 Å². The lowest BCUT2D eigenvalue weighted by molar-refractivity contribution is 0.0901. The highest BCUT2D eigenvalue weighted by Crippen LogP contribution is 2.36. The molecule has 5 nitrogen and oxygen atoms in total. The number of fused-ring (bicyclic) bond motifs is 1. The maximum atomic E-state index is 13.0. The van der Waals surface area contributed by atoms with E-state index in [0.29, 0.717) is 17.7 Å². The highest BCUT2D eigenvalue weighted by molar-refractivity contribution is 7.92. The Balaban J connectivity index is 1.89. The van der Waals surface area contributed by atoms with Crippen LogP contribution in [0.25, 0.3) is 0 Å². The minimum Gasteiger partial charge on any atom is -0.345 e. The molecule has 2 atom stereocenters. The number of carbonyl (C=O) groups excluding carboxylic acids is 1. The van der Waals surface area contributed by atoms with Crippen LogP contribution in [0.4, 0.5) is 5.69 Å². The molecule has 1 heterocycles. The first kappa shape index (κ1) is 20.4. The third-order valence-electron chi connectivity index (χ3n) is 5.13. The summed E-state index contributed by atoms with van der Waals surface area (Å²) in [6.07, 6.45) is 1.82. The highest BCUT2D eigenvalue weighted by Gasteiger charge is 2.33. The molecule has 2 aromatic carbocycles. The molecule has 1 aliphatic rings. The van der Waals surface area contributed by atoms with E-state index in [9.17, 15) is 13.2 Å². The molecular weight excluding hydrogens is 372 g/mol. The van der Waals surface area contributed by atoms with Gasteiger partial charge in [0.1, 0.15) is 0 Å². The maximum Gasteiger partial charge on any atom is 0.251 e. The summed E-state index contributed by atoms with van der Waals surface area (Å²) >= 11 is 0. The maximum absolute atomic E-state index is 13.0. The summed E-state index contributed by atoms with van der Waals surface area (Å²) in [7, 11) is -3.34. The van der Waals surface area contributed by atoms with Crippen molar-refractivity contribution in [2.24, 2.45) is 5.41 Å². The Morgan fingerprint density at radius 3 is 2.36 bits per heavy atom. The minimum absolute atomic E-state index is 0.138. The lowest BCUT2D eigenvalue weighted by Crippen LogP contribution is -2.36. The molecule has 0 aliphatic carbocycles. The van der Waals surface area contributed by atoms with Gasteiger partial charge in [0.15, 0.2) is 0 Å². The molecule has 1 amide bonds. The van der Waals surface area contributed by atoms with Gasteiger partial charge in [-0.25, -0.2) is 8.42 Å². The van der Waals surface area contributed by atoms with E-state index in [0.717, 1.165) is 11.1 Å². The first-order valence-electron chi connectivity index (χ1n) is 9.46. The van der Waals surface area contributed by atoms with Crippen LogP contribution in [0.1, 0.15) is 55.2 Å². The van der Waals surface area contributed by atoms with Crippen LogP contribution in [0, 0.1) is 5.41 Å². The standard InChI is InChI=1S/C22H28N2O3S/c1-15-13-18-14-17(11-12-19(18)24(15)28(5,26)27)21(25)23-20(22(2,3)4)16-9-7-6-8-10-16/h6-12,14-15,20H,13H2,1-5H3,(H,23,25)/t15-,20+/m0/s1. The number of carbonyl (C=O) groups is 1. The fourth-order valence-corrected chi connectivity index (χ4v) is 5.17. The van der Waals surface area contributed by atoms with Crippen LogP contribution in [0.15, 0.2) is 48.5 Å². The summed E-state index contributed by atoms with van der Waals surface area (Å²) in [5, 5.41) is 3.16. The van der Waals surface area contributed by atoms with Gasteiger partial charge in [-0.1, -0.05) is 51.1 Å². The van der Waals surface area contributed by atoms with Gasteiger partial charge in [-0.15, -0.1) is 0 Å². The fraction of sp³-hybridized carbons (Fsp3) is 0.409. The average molecular weight is 401 g/mol. The van der Waals surface area contributed by atoms with E-state index in [1.165, 1.54) is 10.6 Å². The zero-order valence-electron chi connectivity index (χ0n) is 17.1. The summed E-state index contributed by atoms with van der Waals surface area (Å²) in [5.41, 5.74) is 3.00. The molecule has 6 heteroatoms. The molecule has 0 bridgehead atoms. The number of nitrogens with one attached hydrogen (secondary N) is 1. The molecule has 3 rings (SSSR count). The summed E-state index contributed by atoms with van der Waals surface area (Å²) < 4.78 is 25.6. The number of benzene rings is 2. The van der Waals surface area contributed by atoms with Gasteiger partial charge in [-0.2, -0.15) is 0 Å². The molecule has 0 saturated carbocycles. The Morgan fingerprint density at radius 2 is 1.79 bits per heavy atom. The number of rotatable bonds is 4. The Labute approximate surface area is 167 Å². The molecule has 0 aromatic heterocycles. The molecule has 1 aliphatic heterocycles. The number of hydrogen-bond acceptors (Lipinski definition) is 3. The van der Waals surface area contributed by atoms with E-state index in [1.54, 1.807) is 12.1 Å². The van der Waals surface area contributed by atoms with Crippen molar-refractivity contribution in [3.63, 3.8) is 0 Å². The molecular formula is C22H28N2O3S. The number of hydrogen-bond donors (Lipinski definition) is 1. The van der Waals surface area contributed by atoms with Crippen LogP contribution in [0.2, 0.25) is 0 Å². The highest BCUT2D eigenvalue weighted by atomic mass is 32.2. The SMILES string of the molecule is C[C@H]1Cc2cc(C(=O)N[C@H](c3ccccc3)C(C)(C)C)ccc2N1S(C)(=O)=O. The minimum atomic E-state index is -3.34. The van der Waals surface area contributed by atoms with E-state index < -0.39 is 10.0 Å². The lowest BCUT2D eigenvalue weighted by atomic mass is 9.82. The first-order valence-corrected chi connectivity index (χ1v) is 11.3. The Hall–Kier alpha value is -2.34. The van der Waals surface area contributed by atoms with E-state index in [-0.39, 0.29) is 23.4 Å². The quantitative estimate of drug-likeness (QED) is 0.846. The van der Waals surface area contributed by atoms with Gasteiger partial charge < -0.3 is 5.32 Å². The van der Waals surface area contributed by atoms with Crippen LogP contribution in [-0.4, -0.2) is 26.6 Å². The molecule has 150 valence electrons. The van der Waals surface area contributed by atoms with Crippen molar-refractivity contribution in [2.45, 2.75) is 46.2 Å². The zero-order chi connectivity index (χ0) is 20.7. The van der Waals surface area contributed by atoms with Crippen molar-refractivity contribution in [1.82, 2.24) is 5.32 Å². The zero-order valence-corrected chi connectivity index (χ0v) is 17.9. The van der Waals surface area contributed by atoms with Gasteiger partial charge in [0.05, 0.1) is 18.0 Å².